The van der Waals surface area contributed by atoms with Gasteiger partial charge in [-0.25, -0.2) is 0 Å². The summed E-state index contributed by atoms with van der Waals surface area (Å²) in [5.41, 5.74) is 1.42. The molecule has 0 bridgehead atoms. The van der Waals surface area contributed by atoms with E-state index in [1.54, 1.807) is 6.92 Å². The van der Waals surface area contributed by atoms with E-state index in [1.165, 1.54) is 5.48 Å². The average molecular weight is 90.1 g/mol. The smallest absolute Gasteiger partial charge is 0.0929 e. The van der Waals surface area contributed by atoms with Gasteiger partial charge in [-0.05, 0) is 6.42 Å². The topological polar surface area (TPSA) is 55.3 Å². The van der Waals surface area contributed by atoms with Crippen LogP contribution < -0.4 is 5.48 Å². The van der Waals surface area contributed by atoms with Gasteiger partial charge in [0.2, 0.25) is 0 Å². The van der Waals surface area contributed by atoms with Crippen molar-refractivity contribution in [3.8, 4) is 0 Å². The minimum Gasteiger partial charge on any atom is -0.786 e. The summed E-state index contributed by atoms with van der Waals surface area (Å²) in [6, 6.07) is 0. The molecule has 0 fully saturated rings. The van der Waals surface area contributed by atoms with E-state index in [9.17, 15) is 5.21 Å². The van der Waals surface area contributed by atoms with Crippen molar-refractivity contribution in [2.75, 3.05) is 0 Å². The summed E-state index contributed by atoms with van der Waals surface area (Å²) in [6.07, 6.45) is -0.409. The number of hydrogen-bond acceptors (Lipinski definition) is 3. The maximum Gasteiger partial charge on any atom is 0.0929 e. The van der Waals surface area contributed by atoms with Gasteiger partial charge in [0.1, 0.15) is 0 Å². The highest BCUT2D eigenvalue weighted by molar-refractivity contribution is 4.45. The van der Waals surface area contributed by atoms with Gasteiger partial charge in [0.05, 0.1) is 6.23 Å². The third-order valence-electron chi connectivity index (χ3n) is 0.523. The Hall–Kier alpha value is -0.120. The molecule has 0 heterocycles. The van der Waals surface area contributed by atoms with E-state index in [2.05, 4.69) is 0 Å². The first kappa shape index (κ1) is 5.88. The Morgan fingerprint density at radius 3 is 2.50 bits per heavy atom. The minimum atomic E-state index is -0.870. The normalized spacial score (nSPS) is 14.5. The van der Waals surface area contributed by atoms with Crippen molar-refractivity contribution in [2.45, 2.75) is 19.6 Å². The monoisotopic (exact) mass is 90.1 g/mol. The van der Waals surface area contributed by atoms with Crippen LogP contribution in [0.4, 0.5) is 0 Å². The van der Waals surface area contributed by atoms with Crippen LogP contribution >= 0.6 is 0 Å². The molecule has 0 rings (SSSR count). The van der Waals surface area contributed by atoms with Gasteiger partial charge in [-0.3, -0.25) is 0 Å². The van der Waals surface area contributed by atoms with Crippen LogP contribution in [-0.4, -0.2) is 11.3 Å². The molecule has 0 aliphatic carbocycles. The largest absolute Gasteiger partial charge is 0.786 e. The maximum absolute atomic E-state index is 9.36. The van der Waals surface area contributed by atoms with Crippen LogP contribution in [0.1, 0.15) is 13.3 Å². The molecule has 0 aromatic rings. The molecule has 1 atom stereocenters. The van der Waals surface area contributed by atoms with Gasteiger partial charge in [-0.15, -0.1) is 0 Å². The summed E-state index contributed by atoms with van der Waals surface area (Å²) in [4.78, 5) is 0. The zero-order chi connectivity index (χ0) is 4.99. The number of aliphatic hydroxyl groups is 1. The third kappa shape index (κ3) is 2.14. The van der Waals surface area contributed by atoms with Crippen LogP contribution in [0.25, 0.3) is 0 Å². The SMILES string of the molecule is CCC(O)N[O-]. The second-order valence-electron chi connectivity index (χ2n) is 1.04. The van der Waals surface area contributed by atoms with Gasteiger partial charge in [-0.2, -0.15) is 0 Å². The number of hydrogen-bond donors (Lipinski definition) is 2. The van der Waals surface area contributed by atoms with Crippen LogP contribution in [0.3, 0.4) is 0 Å². The molecule has 0 saturated heterocycles. The van der Waals surface area contributed by atoms with Gasteiger partial charge in [0, 0.05) is 0 Å². The molecule has 0 aliphatic rings. The van der Waals surface area contributed by atoms with Gasteiger partial charge >= 0.3 is 0 Å². The summed E-state index contributed by atoms with van der Waals surface area (Å²) >= 11 is 0. The number of hydroxylamine groups is 1. The van der Waals surface area contributed by atoms with Crippen molar-refractivity contribution in [2.24, 2.45) is 0 Å². The lowest BCUT2D eigenvalue weighted by Gasteiger charge is -2.11. The highest BCUT2D eigenvalue weighted by Crippen LogP contribution is 1.78. The van der Waals surface area contributed by atoms with E-state index in [4.69, 9.17) is 5.11 Å². The maximum atomic E-state index is 9.36. The summed E-state index contributed by atoms with van der Waals surface area (Å²) in [5.74, 6) is 0. The summed E-state index contributed by atoms with van der Waals surface area (Å²) < 4.78 is 0. The first-order valence-electron chi connectivity index (χ1n) is 1.87. The Labute approximate surface area is 36.6 Å². The number of rotatable bonds is 2. The Balaban J connectivity index is 2.75. The molecule has 0 radical (unpaired) electrons. The molecule has 3 heteroatoms. The van der Waals surface area contributed by atoms with Crippen LogP contribution in [0, 0.1) is 5.21 Å². The van der Waals surface area contributed by atoms with Crippen molar-refractivity contribution in [3.63, 3.8) is 0 Å². The van der Waals surface area contributed by atoms with Crippen molar-refractivity contribution >= 4 is 0 Å². The van der Waals surface area contributed by atoms with Gasteiger partial charge < -0.3 is 15.8 Å². The van der Waals surface area contributed by atoms with E-state index in [0.717, 1.165) is 0 Å². The number of nitrogens with one attached hydrogen (secondary N) is 1. The second kappa shape index (κ2) is 3.08. The molecule has 0 aliphatic heterocycles. The van der Waals surface area contributed by atoms with Crippen LogP contribution in [0.5, 0.6) is 0 Å². The fourth-order valence-electron chi connectivity index (χ4n) is 0.0833. The molecule has 0 amide bonds. The lowest BCUT2D eigenvalue weighted by molar-refractivity contribution is 0.149. The van der Waals surface area contributed by atoms with Crippen LogP contribution in [-0.2, 0) is 0 Å². The van der Waals surface area contributed by atoms with Gasteiger partial charge in [-0.1, -0.05) is 6.92 Å². The van der Waals surface area contributed by atoms with E-state index in [-0.39, 0.29) is 0 Å². The fourth-order valence-corrected chi connectivity index (χ4v) is 0.0833. The lowest BCUT2D eigenvalue weighted by Crippen LogP contribution is -2.20. The zero-order valence-electron chi connectivity index (χ0n) is 3.64. The highest BCUT2D eigenvalue weighted by Gasteiger charge is 1.84. The average Bonchev–Trinajstić information content (AvgIpc) is 1.65. The van der Waals surface area contributed by atoms with E-state index < -0.39 is 6.23 Å². The van der Waals surface area contributed by atoms with Crippen molar-refractivity contribution in [1.29, 1.82) is 0 Å². The molecule has 3 nitrogen and oxygen atoms in total. The van der Waals surface area contributed by atoms with E-state index >= 15 is 0 Å². The fraction of sp³-hybridized carbons (Fsp3) is 1.00. The molecule has 0 aromatic carbocycles. The van der Waals surface area contributed by atoms with Crippen LogP contribution in [0.15, 0.2) is 0 Å². The molecule has 1 unspecified atom stereocenters. The first-order valence-corrected chi connectivity index (χ1v) is 1.87. The van der Waals surface area contributed by atoms with Gasteiger partial charge in [0.15, 0.2) is 0 Å². The Morgan fingerprint density at radius 2 is 2.50 bits per heavy atom. The van der Waals surface area contributed by atoms with E-state index in [1.807, 2.05) is 0 Å². The molecule has 0 spiro atoms. The highest BCUT2D eigenvalue weighted by atomic mass is 16.5. The predicted molar refractivity (Wildman–Crippen MR) is 22.8 cm³/mol. The molecular formula is C3H8NO2-. The van der Waals surface area contributed by atoms with Crippen molar-refractivity contribution < 1.29 is 5.11 Å². The lowest BCUT2D eigenvalue weighted by atomic mass is 10.5. The van der Waals surface area contributed by atoms with E-state index in [0.29, 0.717) is 6.42 Å². The molecule has 0 saturated carbocycles. The van der Waals surface area contributed by atoms with Crippen molar-refractivity contribution in [3.05, 3.63) is 5.21 Å². The van der Waals surface area contributed by atoms with Crippen LogP contribution in [0.2, 0.25) is 0 Å². The molecule has 0 aromatic heterocycles. The number of aliphatic hydroxyl groups excluding tert-OH is 1. The minimum absolute atomic E-state index is 0.462. The third-order valence-corrected chi connectivity index (χ3v) is 0.523. The van der Waals surface area contributed by atoms with Gasteiger partial charge in [0.25, 0.3) is 0 Å². The Morgan fingerprint density at radius 1 is 2.00 bits per heavy atom. The molecule has 2 N–H and O–H groups in total. The Kier molecular flexibility index (Phi) is 3.02. The summed E-state index contributed by atoms with van der Waals surface area (Å²) in [6.45, 7) is 1.72. The standard InChI is InChI=1S/C3H8NO2/c1-2-3(5)4-6/h3-5H,2H2,1H3/q-1. The summed E-state index contributed by atoms with van der Waals surface area (Å²) in [5, 5.41) is 17.6. The predicted octanol–water partition coefficient (Wildman–Crippen LogP) is -0.198. The molecule has 6 heavy (non-hydrogen) atoms. The second-order valence-corrected chi connectivity index (χ2v) is 1.04. The molecular weight excluding hydrogens is 82.0 g/mol. The first-order chi connectivity index (χ1) is 2.81. The zero-order valence-corrected chi connectivity index (χ0v) is 3.64. The quantitative estimate of drug-likeness (QED) is 0.364. The Bertz CT molecular complexity index is 28.0. The van der Waals surface area contributed by atoms with Crippen molar-refractivity contribution in [1.82, 2.24) is 5.48 Å². The summed E-state index contributed by atoms with van der Waals surface area (Å²) in [7, 11) is 0. The molecule has 38 valence electrons.